The summed E-state index contributed by atoms with van der Waals surface area (Å²) in [5.74, 6) is -0.819. The van der Waals surface area contributed by atoms with E-state index in [0.717, 1.165) is 17.7 Å². The summed E-state index contributed by atoms with van der Waals surface area (Å²) >= 11 is 6.15. The van der Waals surface area contributed by atoms with Crippen LogP contribution in [0.25, 0.3) is 0 Å². The number of nitrogens with zero attached hydrogens (tertiary/aromatic N) is 4. The van der Waals surface area contributed by atoms with Crippen molar-refractivity contribution >= 4 is 23.3 Å². The summed E-state index contributed by atoms with van der Waals surface area (Å²) < 4.78 is 59.6. The monoisotopic (exact) mass is 493 g/mol. The van der Waals surface area contributed by atoms with E-state index in [4.69, 9.17) is 16.3 Å². The predicted molar refractivity (Wildman–Crippen MR) is 115 cm³/mol. The normalized spacial score (nSPS) is 11.4. The summed E-state index contributed by atoms with van der Waals surface area (Å²) in [6, 6.07) is 11.7. The van der Waals surface area contributed by atoms with Gasteiger partial charge >= 0.3 is 6.18 Å². The zero-order valence-corrected chi connectivity index (χ0v) is 18.0. The van der Waals surface area contributed by atoms with Crippen LogP contribution in [0.5, 0.6) is 5.75 Å². The molecule has 2 heterocycles. The van der Waals surface area contributed by atoms with Crippen LogP contribution in [0.3, 0.4) is 0 Å². The van der Waals surface area contributed by atoms with Crippen LogP contribution >= 0.6 is 11.6 Å². The summed E-state index contributed by atoms with van der Waals surface area (Å²) in [7, 11) is 0. The molecule has 12 heteroatoms. The number of halogens is 5. The average Bonchev–Trinajstić information content (AvgIpc) is 3.40. The Labute approximate surface area is 195 Å². The van der Waals surface area contributed by atoms with E-state index in [1.165, 1.54) is 52.1 Å². The van der Waals surface area contributed by atoms with Crippen molar-refractivity contribution in [1.82, 2.24) is 19.6 Å². The molecule has 7 nitrogen and oxygen atoms in total. The molecule has 4 aromatic rings. The van der Waals surface area contributed by atoms with E-state index in [2.05, 4.69) is 15.5 Å². The second-order valence-corrected chi connectivity index (χ2v) is 7.55. The Kier molecular flexibility index (Phi) is 6.55. The molecule has 0 unspecified atom stereocenters. The summed E-state index contributed by atoms with van der Waals surface area (Å²) in [6.07, 6.45) is -1.52. The van der Waals surface area contributed by atoms with E-state index in [1.807, 2.05) is 0 Å². The molecule has 34 heavy (non-hydrogen) atoms. The van der Waals surface area contributed by atoms with Gasteiger partial charge in [0.2, 0.25) is 0 Å². The second-order valence-electron chi connectivity index (χ2n) is 7.14. The van der Waals surface area contributed by atoms with Crippen molar-refractivity contribution in [1.29, 1.82) is 0 Å². The maximum Gasteiger partial charge on any atom is 0.416 e. The van der Waals surface area contributed by atoms with Crippen LogP contribution in [-0.2, 0) is 19.5 Å². The quantitative estimate of drug-likeness (QED) is 0.358. The summed E-state index contributed by atoms with van der Waals surface area (Å²) in [4.78, 5) is 12.5. The molecule has 2 aromatic carbocycles. The molecule has 1 amide bonds. The molecular formula is C22H16ClF4N5O2. The number of anilines is 1. The highest BCUT2D eigenvalue weighted by Crippen LogP contribution is 2.31. The molecule has 0 aliphatic carbocycles. The van der Waals surface area contributed by atoms with Crippen LogP contribution in [0.4, 0.5) is 23.4 Å². The van der Waals surface area contributed by atoms with Gasteiger partial charge in [-0.15, -0.1) is 0 Å². The zero-order valence-electron chi connectivity index (χ0n) is 17.3. The maximum absolute atomic E-state index is 13.0. The molecule has 0 aliphatic heterocycles. The fourth-order valence-electron chi connectivity index (χ4n) is 2.97. The molecule has 0 atom stereocenters. The van der Waals surface area contributed by atoms with E-state index >= 15 is 0 Å². The van der Waals surface area contributed by atoms with Crippen LogP contribution in [-0.4, -0.2) is 25.5 Å². The first-order chi connectivity index (χ1) is 16.2. The van der Waals surface area contributed by atoms with E-state index in [1.54, 1.807) is 12.1 Å². The smallest absolute Gasteiger partial charge is 0.416 e. The number of ether oxygens (including phenoxy) is 1. The lowest BCUT2D eigenvalue weighted by molar-refractivity contribution is -0.137. The number of carbonyl (C=O) groups is 1. The largest absolute Gasteiger partial charge is 0.471 e. The van der Waals surface area contributed by atoms with Gasteiger partial charge in [0.15, 0.2) is 18.2 Å². The van der Waals surface area contributed by atoms with Crippen LogP contribution < -0.4 is 10.1 Å². The van der Waals surface area contributed by atoms with Gasteiger partial charge in [0, 0.05) is 12.4 Å². The van der Waals surface area contributed by atoms with Crippen LogP contribution in [0.1, 0.15) is 21.6 Å². The third kappa shape index (κ3) is 5.73. The number of carbonyl (C=O) groups excluding carboxylic acids is 1. The first kappa shape index (κ1) is 23.3. The molecular weight excluding hydrogens is 478 g/mol. The number of nitrogens with one attached hydrogen (secondary N) is 1. The van der Waals surface area contributed by atoms with Crippen molar-refractivity contribution < 1.29 is 27.1 Å². The molecule has 0 bridgehead atoms. The minimum atomic E-state index is -4.48. The van der Waals surface area contributed by atoms with Crippen molar-refractivity contribution in [3.05, 3.63) is 94.7 Å². The number of alkyl halides is 3. The van der Waals surface area contributed by atoms with Gasteiger partial charge < -0.3 is 10.1 Å². The van der Waals surface area contributed by atoms with E-state index in [0.29, 0.717) is 6.54 Å². The summed E-state index contributed by atoms with van der Waals surface area (Å²) in [5, 5.41) is 11.0. The third-order valence-electron chi connectivity index (χ3n) is 4.60. The Balaban J connectivity index is 1.36. The first-order valence-electron chi connectivity index (χ1n) is 9.79. The zero-order chi connectivity index (χ0) is 24.3. The molecule has 0 saturated carbocycles. The van der Waals surface area contributed by atoms with Crippen molar-refractivity contribution in [3.63, 3.8) is 0 Å². The van der Waals surface area contributed by atoms with E-state index in [9.17, 15) is 22.4 Å². The fourth-order valence-corrected chi connectivity index (χ4v) is 3.17. The first-order valence-corrected chi connectivity index (χ1v) is 10.2. The molecule has 0 aliphatic rings. The van der Waals surface area contributed by atoms with E-state index < -0.39 is 17.6 Å². The summed E-state index contributed by atoms with van der Waals surface area (Å²) in [5.41, 5.74) is -0.0176. The van der Waals surface area contributed by atoms with Gasteiger partial charge in [-0.3, -0.25) is 9.48 Å². The molecule has 4 rings (SSSR count). The minimum absolute atomic E-state index is 0.00908. The number of benzene rings is 2. The van der Waals surface area contributed by atoms with Crippen LogP contribution in [0, 0.1) is 5.82 Å². The standard InChI is InChI=1S/C22H16ClF4N5O2/c23-18-12-32(11-14-4-6-16(24)7-5-14)30-20(18)28-21(33)19-8-9-31(29-19)13-34-17-3-1-2-15(10-17)22(25,26)27/h1-10,12H,11,13H2,(H,28,30,33). The molecule has 0 spiro atoms. The molecule has 2 aromatic heterocycles. The van der Waals surface area contributed by atoms with Gasteiger partial charge in [0.1, 0.15) is 16.6 Å². The number of amides is 1. The van der Waals surface area contributed by atoms with Crippen molar-refractivity contribution in [2.75, 3.05) is 5.32 Å². The Hall–Kier alpha value is -3.86. The molecule has 176 valence electrons. The lowest BCUT2D eigenvalue weighted by Gasteiger charge is -2.10. The topological polar surface area (TPSA) is 74.0 Å². The SMILES string of the molecule is O=C(Nc1nn(Cc2ccc(F)cc2)cc1Cl)c1ccn(COc2cccc(C(F)(F)F)c2)n1. The highest BCUT2D eigenvalue weighted by molar-refractivity contribution is 6.33. The van der Waals surface area contributed by atoms with Gasteiger partial charge in [0.25, 0.3) is 5.91 Å². The lowest BCUT2D eigenvalue weighted by Crippen LogP contribution is -2.15. The summed E-state index contributed by atoms with van der Waals surface area (Å²) in [6.45, 7) is 0.110. The molecule has 0 saturated heterocycles. The number of rotatable bonds is 7. The highest BCUT2D eigenvalue weighted by Gasteiger charge is 2.30. The van der Waals surface area contributed by atoms with Crippen LogP contribution in [0.2, 0.25) is 5.02 Å². The van der Waals surface area contributed by atoms with Gasteiger partial charge in [-0.1, -0.05) is 29.8 Å². The van der Waals surface area contributed by atoms with Gasteiger partial charge in [-0.25, -0.2) is 9.07 Å². The number of hydrogen-bond acceptors (Lipinski definition) is 4. The van der Waals surface area contributed by atoms with Gasteiger partial charge in [-0.05, 0) is 42.0 Å². The third-order valence-corrected chi connectivity index (χ3v) is 4.88. The fraction of sp³-hybridized carbons (Fsp3) is 0.136. The number of hydrogen-bond donors (Lipinski definition) is 1. The maximum atomic E-state index is 13.0. The highest BCUT2D eigenvalue weighted by atomic mass is 35.5. The van der Waals surface area contributed by atoms with Gasteiger partial charge in [-0.2, -0.15) is 23.4 Å². The Morgan fingerprint density at radius 1 is 1.06 bits per heavy atom. The molecule has 1 N–H and O–H groups in total. The van der Waals surface area contributed by atoms with Crippen molar-refractivity contribution in [2.24, 2.45) is 0 Å². The lowest BCUT2D eigenvalue weighted by atomic mass is 10.2. The van der Waals surface area contributed by atoms with Crippen molar-refractivity contribution in [3.8, 4) is 5.75 Å². The Morgan fingerprint density at radius 3 is 2.56 bits per heavy atom. The average molecular weight is 494 g/mol. The van der Waals surface area contributed by atoms with Crippen LogP contribution in [0.15, 0.2) is 67.0 Å². The Morgan fingerprint density at radius 2 is 1.82 bits per heavy atom. The van der Waals surface area contributed by atoms with Crippen molar-refractivity contribution in [2.45, 2.75) is 19.5 Å². The van der Waals surface area contributed by atoms with Gasteiger partial charge in [0.05, 0.1) is 12.1 Å². The Bertz CT molecular complexity index is 1300. The second kappa shape index (κ2) is 9.56. The van der Waals surface area contributed by atoms with E-state index in [-0.39, 0.29) is 34.8 Å². The predicted octanol–water partition coefficient (Wildman–Crippen LogP) is 5.23. The molecule has 0 radical (unpaired) electrons. The number of aromatic nitrogens is 4. The minimum Gasteiger partial charge on any atom is -0.471 e. The molecule has 0 fully saturated rings.